The van der Waals surface area contributed by atoms with Crippen LogP contribution in [-0.2, 0) is 0 Å². The Hall–Kier alpha value is -0.770. The van der Waals surface area contributed by atoms with Crippen molar-refractivity contribution in [3.63, 3.8) is 0 Å². The summed E-state index contributed by atoms with van der Waals surface area (Å²) in [7, 11) is 0. The van der Waals surface area contributed by atoms with Crippen molar-refractivity contribution in [2.45, 2.75) is 25.3 Å². The van der Waals surface area contributed by atoms with Crippen molar-refractivity contribution >= 4 is 29.1 Å². The standard InChI is InChI=1S/C13H15Cl2NO2/c14-10-3-1-2-9(12(10)15)13(18)16-11(6-7-17)8-4-5-8/h1-3,8,11,17H,4-7H2,(H,16,18). The molecule has 1 unspecified atom stereocenters. The van der Waals surface area contributed by atoms with Crippen LogP contribution in [0.5, 0.6) is 0 Å². The fourth-order valence-corrected chi connectivity index (χ4v) is 2.38. The lowest BCUT2D eigenvalue weighted by Crippen LogP contribution is -2.37. The van der Waals surface area contributed by atoms with E-state index in [9.17, 15) is 4.79 Å². The second-order valence-corrected chi connectivity index (χ2v) is 5.32. The first kappa shape index (κ1) is 13.7. The van der Waals surface area contributed by atoms with Gasteiger partial charge in [0.25, 0.3) is 5.91 Å². The smallest absolute Gasteiger partial charge is 0.253 e. The summed E-state index contributed by atoms with van der Waals surface area (Å²) in [5.41, 5.74) is 0.382. The lowest BCUT2D eigenvalue weighted by molar-refractivity contribution is 0.0924. The van der Waals surface area contributed by atoms with Gasteiger partial charge in [-0.1, -0.05) is 29.3 Å². The zero-order valence-electron chi connectivity index (χ0n) is 9.83. The fourth-order valence-electron chi connectivity index (χ4n) is 1.99. The van der Waals surface area contributed by atoms with E-state index in [1.807, 2.05) is 0 Å². The molecule has 0 radical (unpaired) electrons. The lowest BCUT2D eigenvalue weighted by atomic mass is 10.1. The summed E-state index contributed by atoms with van der Waals surface area (Å²) in [6.07, 6.45) is 2.79. The normalized spacial score (nSPS) is 16.4. The lowest BCUT2D eigenvalue weighted by Gasteiger charge is -2.17. The summed E-state index contributed by atoms with van der Waals surface area (Å²) in [4.78, 5) is 12.1. The predicted octanol–water partition coefficient (Wildman–Crippen LogP) is 2.88. The SMILES string of the molecule is O=C(NC(CCO)C1CC1)c1cccc(Cl)c1Cl. The fraction of sp³-hybridized carbons (Fsp3) is 0.462. The minimum absolute atomic E-state index is 0.0255. The average molecular weight is 288 g/mol. The molecule has 0 aliphatic heterocycles. The van der Waals surface area contributed by atoms with Crippen LogP contribution in [0.15, 0.2) is 18.2 Å². The zero-order valence-corrected chi connectivity index (χ0v) is 11.3. The zero-order chi connectivity index (χ0) is 13.1. The highest BCUT2D eigenvalue weighted by Gasteiger charge is 2.32. The van der Waals surface area contributed by atoms with Crippen LogP contribution in [0.3, 0.4) is 0 Å². The number of nitrogens with one attached hydrogen (secondary N) is 1. The third-order valence-corrected chi connectivity index (χ3v) is 3.96. The quantitative estimate of drug-likeness (QED) is 0.875. The molecule has 3 nitrogen and oxygen atoms in total. The Kier molecular flexibility index (Phi) is 4.49. The number of hydrogen-bond acceptors (Lipinski definition) is 2. The molecule has 1 aromatic rings. The van der Waals surface area contributed by atoms with Gasteiger partial charge in [-0.2, -0.15) is 0 Å². The van der Waals surface area contributed by atoms with Crippen molar-refractivity contribution < 1.29 is 9.90 Å². The maximum Gasteiger partial charge on any atom is 0.253 e. The summed E-state index contributed by atoms with van der Waals surface area (Å²) in [5, 5.41) is 12.6. The second-order valence-electron chi connectivity index (χ2n) is 4.53. The van der Waals surface area contributed by atoms with Gasteiger partial charge >= 0.3 is 0 Å². The van der Waals surface area contributed by atoms with Gasteiger partial charge in [-0.25, -0.2) is 0 Å². The second kappa shape index (κ2) is 5.91. The number of halogens is 2. The van der Waals surface area contributed by atoms with Crippen LogP contribution in [-0.4, -0.2) is 23.7 Å². The molecule has 1 amide bonds. The first-order valence-electron chi connectivity index (χ1n) is 5.99. The first-order chi connectivity index (χ1) is 8.63. The van der Waals surface area contributed by atoms with E-state index in [4.69, 9.17) is 28.3 Å². The van der Waals surface area contributed by atoms with Gasteiger partial charge in [-0.05, 0) is 37.3 Å². The van der Waals surface area contributed by atoms with Crippen molar-refractivity contribution in [2.75, 3.05) is 6.61 Å². The Morgan fingerprint density at radius 3 is 2.78 bits per heavy atom. The van der Waals surface area contributed by atoms with Crippen LogP contribution in [0.2, 0.25) is 10.0 Å². The van der Waals surface area contributed by atoms with Gasteiger partial charge in [-0.15, -0.1) is 0 Å². The topological polar surface area (TPSA) is 49.3 Å². The van der Waals surface area contributed by atoms with Crippen LogP contribution in [0, 0.1) is 5.92 Å². The molecule has 1 fully saturated rings. The molecular formula is C13H15Cl2NO2. The highest BCUT2D eigenvalue weighted by atomic mass is 35.5. The van der Waals surface area contributed by atoms with Gasteiger partial charge in [-0.3, -0.25) is 4.79 Å². The maximum absolute atomic E-state index is 12.1. The molecule has 0 saturated heterocycles. The number of amides is 1. The van der Waals surface area contributed by atoms with Gasteiger partial charge in [0.2, 0.25) is 0 Å². The number of hydrogen-bond donors (Lipinski definition) is 2. The van der Waals surface area contributed by atoms with E-state index in [1.165, 1.54) is 0 Å². The molecule has 0 spiro atoms. The molecule has 18 heavy (non-hydrogen) atoms. The molecule has 1 atom stereocenters. The van der Waals surface area contributed by atoms with Crippen molar-refractivity contribution in [2.24, 2.45) is 5.92 Å². The number of rotatable bonds is 5. The van der Waals surface area contributed by atoms with Gasteiger partial charge in [0.15, 0.2) is 0 Å². The van der Waals surface area contributed by atoms with Crippen molar-refractivity contribution in [1.29, 1.82) is 0 Å². The van der Waals surface area contributed by atoms with Crippen molar-refractivity contribution in [3.8, 4) is 0 Å². The van der Waals surface area contributed by atoms with E-state index in [0.717, 1.165) is 12.8 Å². The highest BCUT2D eigenvalue weighted by Crippen LogP contribution is 2.34. The average Bonchev–Trinajstić information content (AvgIpc) is 3.16. The summed E-state index contributed by atoms with van der Waals surface area (Å²) < 4.78 is 0. The molecule has 1 aliphatic carbocycles. The molecule has 1 saturated carbocycles. The Morgan fingerprint density at radius 1 is 1.44 bits per heavy atom. The maximum atomic E-state index is 12.1. The molecule has 1 aromatic carbocycles. The summed E-state index contributed by atoms with van der Waals surface area (Å²) in [6.45, 7) is 0.0741. The Labute approximate surface area is 116 Å². The van der Waals surface area contributed by atoms with Crippen LogP contribution in [0.4, 0.5) is 0 Å². The van der Waals surface area contributed by atoms with E-state index in [0.29, 0.717) is 22.9 Å². The number of aliphatic hydroxyl groups excluding tert-OH is 1. The van der Waals surface area contributed by atoms with Crippen LogP contribution < -0.4 is 5.32 Å². The Bertz CT molecular complexity index is 447. The van der Waals surface area contributed by atoms with E-state index >= 15 is 0 Å². The third-order valence-electron chi connectivity index (χ3n) is 3.14. The van der Waals surface area contributed by atoms with Crippen LogP contribution in [0.25, 0.3) is 0 Å². The molecule has 5 heteroatoms. The van der Waals surface area contributed by atoms with E-state index in [2.05, 4.69) is 5.32 Å². The molecular weight excluding hydrogens is 273 g/mol. The van der Waals surface area contributed by atoms with E-state index in [1.54, 1.807) is 18.2 Å². The molecule has 2 N–H and O–H groups in total. The first-order valence-corrected chi connectivity index (χ1v) is 6.75. The molecule has 2 rings (SSSR count). The van der Waals surface area contributed by atoms with Gasteiger partial charge in [0.05, 0.1) is 15.6 Å². The number of carbonyl (C=O) groups is 1. The Balaban J connectivity index is 2.08. The van der Waals surface area contributed by atoms with Crippen LogP contribution >= 0.6 is 23.2 Å². The predicted molar refractivity (Wildman–Crippen MR) is 72.1 cm³/mol. The Morgan fingerprint density at radius 2 is 2.17 bits per heavy atom. The molecule has 0 aromatic heterocycles. The summed E-state index contributed by atoms with van der Waals surface area (Å²) in [6, 6.07) is 5.01. The van der Waals surface area contributed by atoms with Gasteiger partial charge in [0.1, 0.15) is 0 Å². The van der Waals surface area contributed by atoms with E-state index < -0.39 is 0 Å². The number of aliphatic hydroxyl groups is 1. The molecule has 0 heterocycles. The largest absolute Gasteiger partial charge is 0.396 e. The summed E-state index contributed by atoms with van der Waals surface area (Å²) in [5.74, 6) is 0.256. The van der Waals surface area contributed by atoms with E-state index in [-0.39, 0.29) is 23.6 Å². The van der Waals surface area contributed by atoms with Crippen LogP contribution in [0.1, 0.15) is 29.6 Å². The van der Waals surface area contributed by atoms with Gasteiger partial charge < -0.3 is 10.4 Å². The molecule has 1 aliphatic rings. The highest BCUT2D eigenvalue weighted by molar-refractivity contribution is 6.43. The minimum atomic E-state index is -0.229. The summed E-state index contributed by atoms with van der Waals surface area (Å²) >= 11 is 11.9. The third kappa shape index (κ3) is 3.16. The van der Waals surface area contributed by atoms with Crippen molar-refractivity contribution in [1.82, 2.24) is 5.32 Å². The van der Waals surface area contributed by atoms with Crippen molar-refractivity contribution in [3.05, 3.63) is 33.8 Å². The molecule has 98 valence electrons. The minimum Gasteiger partial charge on any atom is -0.396 e. The number of carbonyl (C=O) groups excluding carboxylic acids is 1. The van der Waals surface area contributed by atoms with Gasteiger partial charge in [0, 0.05) is 12.6 Å². The number of benzene rings is 1. The monoisotopic (exact) mass is 287 g/mol. The molecule has 0 bridgehead atoms.